The number of esters is 1. The molecule has 2 heterocycles. The van der Waals surface area contributed by atoms with Gasteiger partial charge in [0.05, 0.1) is 23.9 Å². The smallest absolute Gasteiger partial charge is 0.339 e. The highest BCUT2D eigenvalue weighted by molar-refractivity contribution is 5.93. The Balaban J connectivity index is 1.96. The van der Waals surface area contributed by atoms with Crippen LogP contribution in [0.3, 0.4) is 0 Å². The molecule has 0 radical (unpaired) electrons. The van der Waals surface area contributed by atoms with Gasteiger partial charge in [0.2, 0.25) is 5.95 Å². The standard InChI is InChI=1S/C20H24N6O3/c1-5-21-20(28)23-14-8-7-12(3)17(9-14)24-19-25-22-11-15-10-16(13(4)26(15)19)18(27)29-6-2/h7-11H,5-6H2,1-4H3,(H,24,25)(H2,21,23,28). The quantitative estimate of drug-likeness (QED) is 0.551. The number of amides is 2. The van der Waals surface area contributed by atoms with Crippen LogP contribution in [0, 0.1) is 13.8 Å². The maximum absolute atomic E-state index is 12.2. The predicted octanol–water partition coefficient (Wildman–Crippen LogP) is 3.41. The average molecular weight is 396 g/mol. The van der Waals surface area contributed by atoms with Crippen molar-refractivity contribution in [2.24, 2.45) is 0 Å². The van der Waals surface area contributed by atoms with Crippen molar-refractivity contribution in [2.45, 2.75) is 27.7 Å². The number of benzene rings is 1. The molecule has 0 saturated carbocycles. The number of ether oxygens (including phenoxy) is 1. The number of fused-ring (bicyclic) bond motifs is 1. The second-order valence-corrected chi connectivity index (χ2v) is 6.43. The number of carbonyl (C=O) groups is 2. The number of anilines is 3. The van der Waals surface area contributed by atoms with Gasteiger partial charge in [-0.3, -0.25) is 4.40 Å². The zero-order valence-corrected chi connectivity index (χ0v) is 16.9. The molecule has 29 heavy (non-hydrogen) atoms. The van der Waals surface area contributed by atoms with Crippen LogP contribution in [-0.4, -0.2) is 39.8 Å². The van der Waals surface area contributed by atoms with Crippen LogP contribution in [0.15, 0.2) is 30.5 Å². The molecule has 0 unspecified atom stereocenters. The van der Waals surface area contributed by atoms with Gasteiger partial charge in [0, 0.05) is 23.6 Å². The first-order chi connectivity index (χ1) is 13.9. The summed E-state index contributed by atoms with van der Waals surface area (Å²) in [6, 6.07) is 6.99. The lowest BCUT2D eigenvalue weighted by atomic mass is 10.2. The van der Waals surface area contributed by atoms with Crippen molar-refractivity contribution in [1.29, 1.82) is 0 Å². The van der Waals surface area contributed by atoms with Crippen LogP contribution in [0.25, 0.3) is 5.52 Å². The van der Waals surface area contributed by atoms with Crippen molar-refractivity contribution in [3.8, 4) is 0 Å². The number of aryl methyl sites for hydroxylation is 2. The van der Waals surface area contributed by atoms with Crippen LogP contribution in [0.5, 0.6) is 0 Å². The Morgan fingerprint density at radius 3 is 2.69 bits per heavy atom. The van der Waals surface area contributed by atoms with Crippen LogP contribution >= 0.6 is 0 Å². The normalized spacial score (nSPS) is 10.6. The van der Waals surface area contributed by atoms with Crippen molar-refractivity contribution < 1.29 is 14.3 Å². The Kier molecular flexibility index (Phi) is 5.96. The highest BCUT2D eigenvalue weighted by atomic mass is 16.5. The van der Waals surface area contributed by atoms with Crippen molar-refractivity contribution >= 4 is 34.8 Å². The molecular weight excluding hydrogens is 372 g/mol. The second kappa shape index (κ2) is 8.59. The van der Waals surface area contributed by atoms with Gasteiger partial charge in [0.25, 0.3) is 0 Å². The average Bonchev–Trinajstić information content (AvgIpc) is 3.03. The van der Waals surface area contributed by atoms with E-state index in [1.807, 2.05) is 43.4 Å². The number of aromatic nitrogens is 3. The molecule has 0 saturated heterocycles. The molecule has 9 nitrogen and oxygen atoms in total. The van der Waals surface area contributed by atoms with Gasteiger partial charge >= 0.3 is 12.0 Å². The molecule has 0 aliphatic carbocycles. The monoisotopic (exact) mass is 396 g/mol. The molecule has 9 heteroatoms. The van der Waals surface area contributed by atoms with Gasteiger partial charge in [0.15, 0.2) is 0 Å². The van der Waals surface area contributed by atoms with E-state index in [9.17, 15) is 9.59 Å². The lowest BCUT2D eigenvalue weighted by Gasteiger charge is -2.13. The molecule has 3 N–H and O–H groups in total. The first kappa shape index (κ1) is 20.1. The van der Waals surface area contributed by atoms with E-state index in [4.69, 9.17) is 4.74 Å². The topological polar surface area (TPSA) is 110 Å². The minimum absolute atomic E-state index is 0.274. The fourth-order valence-electron chi connectivity index (χ4n) is 2.98. The van der Waals surface area contributed by atoms with E-state index in [1.165, 1.54) is 0 Å². The highest BCUT2D eigenvalue weighted by Gasteiger charge is 2.18. The Hall–Kier alpha value is -3.62. The van der Waals surface area contributed by atoms with Crippen LogP contribution in [0.1, 0.15) is 35.5 Å². The summed E-state index contributed by atoms with van der Waals surface area (Å²) in [5.41, 5.74) is 4.24. The molecule has 0 aliphatic heterocycles. The molecule has 152 valence electrons. The summed E-state index contributed by atoms with van der Waals surface area (Å²) >= 11 is 0. The van der Waals surface area contributed by atoms with Crippen molar-refractivity contribution in [1.82, 2.24) is 19.9 Å². The van der Waals surface area contributed by atoms with Crippen molar-refractivity contribution in [3.05, 3.63) is 47.3 Å². The SMILES string of the molecule is CCNC(=O)Nc1ccc(C)c(Nc2nncc3cc(C(=O)OCC)c(C)n23)c1. The fraction of sp³-hybridized carbons (Fsp3) is 0.300. The first-order valence-electron chi connectivity index (χ1n) is 9.38. The summed E-state index contributed by atoms with van der Waals surface area (Å²) in [5, 5.41) is 16.9. The van der Waals surface area contributed by atoms with E-state index in [0.717, 1.165) is 16.8 Å². The van der Waals surface area contributed by atoms with E-state index in [0.29, 0.717) is 36.0 Å². The summed E-state index contributed by atoms with van der Waals surface area (Å²) < 4.78 is 6.94. The molecule has 0 fully saturated rings. The van der Waals surface area contributed by atoms with Gasteiger partial charge in [0.1, 0.15) is 0 Å². The third kappa shape index (κ3) is 4.29. The number of hydrogen-bond acceptors (Lipinski definition) is 6. The largest absolute Gasteiger partial charge is 0.462 e. The molecule has 0 atom stereocenters. The first-order valence-corrected chi connectivity index (χ1v) is 9.38. The number of urea groups is 1. The number of hydrogen-bond donors (Lipinski definition) is 3. The number of nitrogens with zero attached hydrogens (tertiary/aromatic N) is 3. The zero-order chi connectivity index (χ0) is 21.0. The Labute approximate surface area is 168 Å². The van der Waals surface area contributed by atoms with Gasteiger partial charge in [-0.1, -0.05) is 6.07 Å². The third-order valence-corrected chi connectivity index (χ3v) is 4.40. The van der Waals surface area contributed by atoms with Crippen molar-refractivity contribution in [3.63, 3.8) is 0 Å². The maximum atomic E-state index is 12.2. The van der Waals surface area contributed by atoms with E-state index in [1.54, 1.807) is 19.2 Å². The van der Waals surface area contributed by atoms with E-state index in [-0.39, 0.29) is 12.0 Å². The zero-order valence-electron chi connectivity index (χ0n) is 16.9. The number of carbonyl (C=O) groups excluding carboxylic acids is 2. The summed E-state index contributed by atoms with van der Waals surface area (Å²) in [5.74, 6) is 0.0674. The highest BCUT2D eigenvalue weighted by Crippen LogP contribution is 2.26. The van der Waals surface area contributed by atoms with E-state index in [2.05, 4.69) is 26.1 Å². The summed E-state index contributed by atoms with van der Waals surface area (Å²) in [6.45, 7) is 8.23. The van der Waals surface area contributed by atoms with Crippen LogP contribution in [-0.2, 0) is 4.74 Å². The number of nitrogens with one attached hydrogen (secondary N) is 3. The van der Waals surface area contributed by atoms with Crippen LogP contribution in [0.2, 0.25) is 0 Å². The van der Waals surface area contributed by atoms with Gasteiger partial charge in [-0.2, -0.15) is 5.10 Å². The predicted molar refractivity (Wildman–Crippen MR) is 111 cm³/mol. The lowest BCUT2D eigenvalue weighted by molar-refractivity contribution is 0.0525. The molecule has 2 aromatic heterocycles. The lowest BCUT2D eigenvalue weighted by Crippen LogP contribution is -2.28. The molecule has 1 aromatic carbocycles. The minimum Gasteiger partial charge on any atom is -0.462 e. The summed E-state index contributed by atoms with van der Waals surface area (Å²) in [6.07, 6.45) is 1.58. The van der Waals surface area contributed by atoms with Gasteiger partial charge < -0.3 is 20.7 Å². The minimum atomic E-state index is -0.385. The molecule has 2 amide bonds. The molecular formula is C20H24N6O3. The Morgan fingerprint density at radius 1 is 1.17 bits per heavy atom. The Morgan fingerprint density at radius 2 is 1.97 bits per heavy atom. The molecule has 0 spiro atoms. The van der Waals surface area contributed by atoms with Gasteiger partial charge in [-0.25, -0.2) is 9.59 Å². The molecule has 3 rings (SSSR count). The van der Waals surface area contributed by atoms with Crippen LogP contribution in [0.4, 0.5) is 22.1 Å². The van der Waals surface area contributed by atoms with Crippen LogP contribution < -0.4 is 16.0 Å². The fourth-order valence-corrected chi connectivity index (χ4v) is 2.98. The van der Waals surface area contributed by atoms with Gasteiger partial charge in [-0.15, -0.1) is 5.10 Å². The van der Waals surface area contributed by atoms with Gasteiger partial charge in [-0.05, 0) is 51.5 Å². The molecule has 0 aliphatic rings. The summed E-state index contributed by atoms with van der Waals surface area (Å²) in [4.78, 5) is 24.0. The van der Waals surface area contributed by atoms with E-state index >= 15 is 0 Å². The molecule has 3 aromatic rings. The molecule has 0 bridgehead atoms. The Bertz CT molecular complexity index is 1060. The summed E-state index contributed by atoms with van der Waals surface area (Å²) in [7, 11) is 0. The maximum Gasteiger partial charge on any atom is 0.339 e. The van der Waals surface area contributed by atoms with E-state index < -0.39 is 0 Å². The second-order valence-electron chi connectivity index (χ2n) is 6.43. The van der Waals surface area contributed by atoms with Crippen molar-refractivity contribution in [2.75, 3.05) is 23.8 Å². The number of rotatable bonds is 6. The third-order valence-electron chi connectivity index (χ3n) is 4.40.